The van der Waals surface area contributed by atoms with Crippen molar-refractivity contribution < 1.29 is 19.7 Å². The Kier molecular flexibility index (Phi) is 3.31. The molecule has 2 unspecified atom stereocenters. The molecule has 0 saturated carbocycles. The lowest BCUT2D eigenvalue weighted by Gasteiger charge is -2.25. The van der Waals surface area contributed by atoms with Gasteiger partial charge >= 0.3 is 6.09 Å². The van der Waals surface area contributed by atoms with Crippen molar-refractivity contribution in [1.82, 2.24) is 5.32 Å². The Morgan fingerprint density at radius 3 is 2.83 bits per heavy atom. The zero-order valence-corrected chi connectivity index (χ0v) is 6.69. The van der Waals surface area contributed by atoms with Gasteiger partial charge in [-0.3, -0.25) is 0 Å². The number of nitrogens with one attached hydrogen (secondary N) is 1. The molecular formula is C7H13NO4. The van der Waals surface area contributed by atoms with E-state index >= 15 is 0 Å². The third kappa shape index (κ3) is 3.06. The van der Waals surface area contributed by atoms with Gasteiger partial charge in [0, 0.05) is 6.54 Å². The molecule has 70 valence electrons. The van der Waals surface area contributed by atoms with Crippen LogP contribution in [0.15, 0.2) is 0 Å². The highest BCUT2D eigenvalue weighted by atomic mass is 16.5. The summed E-state index contributed by atoms with van der Waals surface area (Å²) in [5.74, 6) is 0. The van der Waals surface area contributed by atoms with E-state index in [1.54, 1.807) is 0 Å². The minimum absolute atomic E-state index is 0.0792. The topological polar surface area (TPSA) is 78.8 Å². The summed E-state index contributed by atoms with van der Waals surface area (Å²) in [5, 5.41) is 19.6. The highest BCUT2D eigenvalue weighted by Crippen LogP contribution is 2.12. The largest absolute Gasteiger partial charge is 0.465 e. The molecule has 0 aromatic rings. The molecule has 12 heavy (non-hydrogen) atoms. The van der Waals surface area contributed by atoms with E-state index < -0.39 is 6.09 Å². The smallest absolute Gasteiger partial charge is 0.404 e. The standard InChI is InChI=1S/C7H13NO4/c9-5-1-2-6(12-4-5)3-8-7(10)11/h5-6,8-9H,1-4H2,(H,10,11). The summed E-state index contributed by atoms with van der Waals surface area (Å²) in [6, 6.07) is 0. The van der Waals surface area contributed by atoms with Gasteiger partial charge in [0.15, 0.2) is 0 Å². The van der Waals surface area contributed by atoms with Crippen LogP contribution in [0.25, 0.3) is 0 Å². The van der Waals surface area contributed by atoms with E-state index in [0.717, 1.165) is 0 Å². The maximum atomic E-state index is 10.1. The summed E-state index contributed by atoms with van der Waals surface area (Å²) >= 11 is 0. The predicted molar refractivity (Wildman–Crippen MR) is 41.0 cm³/mol. The van der Waals surface area contributed by atoms with Crippen LogP contribution in [0, 0.1) is 0 Å². The molecule has 5 heteroatoms. The zero-order valence-electron chi connectivity index (χ0n) is 6.69. The zero-order chi connectivity index (χ0) is 8.97. The van der Waals surface area contributed by atoms with Crippen molar-refractivity contribution in [2.24, 2.45) is 0 Å². The second-order valence-corrected chi connectivity index (χ2v) is 2.87. The van der Waals surface area contributed by atoms with Crippen molar-refractivity contribution in [3.8, 4) is 0 Å². The van der Waals surface area contributed by atoms with E-state index in [9.17, 15) is 4.79 Å². The van der Waals surface area contributed by atoms with E-state index in [2.05, 4.69) is 5.32 Å². The van der Waals surface area contributed by atoms with Crippen molar-refractivity contribution in [3.63, 3.8) is 0 Å². The molecule has 0 aromatic heterocycles. The summed E-state index contributed by atoms with van der Waals surface area (Å²) in [6.07, 6.45) is -0.103. The first-order chi connectivity index (χ1) is 5.68. The monoisotopic (exact) mass is 175 g/mol. The maximum Gasteiger partial charge on any atom is 0.404 e. The van der Waals surface area contributed by atoms with Crippen molar-refractivity contribution in [2.45, 2.75) is 25.0 Å². The molecule has 0 aliphatic carbocycles. The molecule has 5 nitrogen and oxygen atoms in total. The Hall–Kier alpha value is -0.810. The quantitative estimate of drug-likeness (QED) is 0.542. The first kappa shape index (κ1) is 9.28. The van der Waals surface area contributed by atoms with Crippen molar-refractivity contribution in [2.75, 3.05) is 13.2 Å². The minimum atomic E-state index is -1.04. The van der Waals surface area contributed by atoms with Gasteiger partial charge in [0.2, 0.25) is 0 Å². The number of hydrogen-bond acceptors (Lipinski definition) is 3. The molecule has 0 spiro atoms. The lowest BCUT2D eigenvalue weighted by atomic mass is 10.1. The molecule has 3 N–H and O–H groups in total. The fourth-order valence-electron chi connectivity index (χ4n) is 1.15. The Morgan fingerprint density at radius 2 is 2.33 bits per heavy atom. The van der Waals surface area contributed by atoms with E-state index in [1.165, 1.54) is 0 Å². The normalized spacial score (nSPS) is 29.8. The first-order valence-corrected chi connectivity index (χ1v) is 3.95. The predicted octanol–water partition coefficient (Wildman–Crippen LogP) is -0.206. The second kappa shape index (κ2) is 4.27. The van der Waals surface area contributed by atoms with Crippen molar-refractivity contribution >= 4 is 6.09 Å². The van der Waals surface area contributed by atoms with Crippen LogP contribution >= 0.6 is 0 Å². The van der Waals surface area contributed by atoms with Gasteiger partial charge in [0.1, 0.15) is 0 Å². The average molecular weight is 175 g/mol. The molecule has 1 aliphatic rings. The van der Waals surface area contributed by atoms with Crippen LogP contribution in [0.5, 0.6) is 0 Å². The SMILES string of the molecule is O=C(O)NCC1CCC(O)CO1. The number of amides is 1. The summed E-state index contributed by atoms with van der Waals surface area (Å²) in [6.45, 7) is 0.619. The summed E-state index contributed by atoms with van der Waals surface area (Å²) in [4.78, 5) is 10.1. The molecule has 1 heterocycles. The molecule has 1 saturated heterocycles. The summed E-state index contributed by atoms with van der Waals surface area (Å²) in [7, 11) is 0. The fourth-order valence-corrected chi connectivity index (χ4v) is 1.15. The van der Waals surface area contributed by atoms with E-state index in [4.69, 9.17) is 14.9 Å². The van der Waals surface area contributed by atoms with Crippen LogP contribution in [-0.4, -0.2) is 41.7 Å². The van der Waals surface area contributed by atoms with Gasteiger partial charge in [-0.2, -0.15) is 0 Å². The van der Waals surface area contributed by atoms with Gasteiger partial charge in [-0.05, 0) is 12.8 Å². The van der Waals surface area contributed by atoms with Crippen molar-refractivity contribution in [1.29, 1.82) is 0 Å². The van der Waals surface area contributed by atoms with Gasteiger partial charge < -0.3 is 20.3 Å². The number of aliphatic hydroxyl groups is 1. The van der Waals surface area contributed by atoms with Crippen LogP contribution < -0.4 is 5.32 Å². The molecule has 1 aliphatic heterocycles. The third-order valence-electron chi connectivity index (χ3n) is 1.83. The Labute approximate surface area is 70.3 Å². The molecule has 0 aromatic carbocycles. The van der Waals surface area contributed by atoms with Crippen LogP contribution in [0.2, 0.25) is 0 Å². The van der Waals surface area contributed by atoms with Gasteiger partial charge in [0.05, 0.1) is 18.8 Å². The lowest BCUT2D eigenvalue weighted by Crippen LogP contribution is -2.38. The number of aliphatic hydroxyl groups excluding tert-OH is 1. The Bertz CT molecular complexity index is 153. The number of carboxylic acid groups (broad SMARTS) is 1. The summed E-state index contributed by atoms with van der Waals surface area (Å²) in [5.41, 5.74) is 0. The molecule has 1 fully saturated rings. The van der Waals surface area contributed by atoms with Gasteiger partial charge in [-0.1, -0.05) is 0 Å². The van der Waals surface area contributed by atoms with Gasteiger partial charge in [-0.15, -0.1) is 0 Å². The molecule has 0 bridgehead atoms. The minimum Gasteiger partial charge on any atom is -0.465 e. The highest BCUT2D eigenvalue weighted by Gasteiger charge is 2.19. The number of ether oxygens (including phenoxy) is 1. The first-order valence-electron chi connectivity index (χ1n) is 3.95. The highest BCUT2D eigenvalue weighted by molar-refractivity contribution is 5.64. The second-order valence-electron chi connectivity index (χ2n) is 2.87. The van der Waals surface area contributed by atoms with Crippen molar-refractivity contribution in [3.05, 3.63) is 0 Å². The van der Waals surface area contributed by atoms with Crippen LogP contribution in [0.4, 0.5) is 4.79 Å². The Balaban J connectivity index is 2.13. The molecule has 1 rings (SSSR count). The van der Waals surface area contributed by atoms with Crippen LogP contribution in [-0.2, 0) is 4.74 Å². The van der Waals surface area contributed by atoms with Gasteiger partial charge in [0.25, 0.3) is 0 Å². The molecular weight excluding hydrogens is 162 g/mol. The number of carbonyl (C=O) groups is 1. The van der Waals surface area contributed by atoms with E-state index in [1.807, 2.05) is 0 Å². The van der Waals surface area contributed by atoms with Crippen LogP contribution in [0.3, 0.4) is 0 Å². The molecule has 0 radical (unpaired) electrons. The lowest BCUT2D eigenvalue weighted by molar-refractivity contribution is -0.0533. The maximum absolute atomic E-state index is 10.1. The third-order valence-corrected chi connectivity index (χ3v) is 1.83. The number of rotatable bonds is 2. The summed E-state index contributed by atoms with van der Waals surface area (Å²) < 4.78 is 5.16. The fraction of sp³-hybridized carbons (Fsp3) is 0.857. The molecule has 1 amide bonds. The van der Waals surface area contributed by atoms with Crippen LogP contribution in [0.1, 0.15) is 12.8 Å². The average Bonchev–Trinajstić information content (AvgIpc) is 2.03. The van der Waals surface area contributed by atoms with Gasteiger partial charge in [-0.25, -0.2) is 4.79 Å². The molecule has 2 atom stereocenters. The Morgan fingerprint density at radius 1 is 1.58 bits per heavy atom. The van der Waals surface area contributed by atoms with E-state index in [0.29, 0.717) is 26.0 Å². The number of hydrogen-bond donors (Lipinski definition) is 3. The van der Waals surface area contributed by atoms with E-state index in [-0.39, 0.29) is 12.2 Å².